The van der Waals surface area contributed by atoms with Gasteiger partial charge in [0, 0.05) is 34.9 Å². The van der Waals surface area contributed by atoms with Crippen molar-refractivity contribution in [3.8, 4) is 0 Å². The molecule has 31 heavy (non-hydrogen) atoms. The highest BCUT2D eigenvalue weighted by Crippen LogP contribution is 2.33. The Morgan fingerprint density at radius 1 is 1.03 bits per heavy atom. The van der Waals surface area contributed by atoms with Crippen LogP contribution in [0.15, 0.2) is 54.6 Å². The van der Waals surface area contributed by atoms with Crippen LogP contribution < -0.4 is 5.32 Å². The first-order valence-electron chi connectivity index (χ1n) is 10.4. The topological polar surface area (TPSA) is 80.6 Å². The molecule has 1 unspecified atom stereocenters. The van der Waals surface area contributed by atoms with Crippen molar-refractivity contribution in [1.29, 1.82) is 0 Å². The summed E-state index contributed by atoms with van der Waals surface area (Å²) in [5.74, 6) is 0. The smallest absolute Gasteiger partial charge is 0.264 e. The van der Waals surface area contributed by atoms with Crippen LogP contribution >= 0.6 is 0 Å². The highest BCUT2D eigenvalue weighted by molar-refractivity contribution is 7.85. The molecule has 164 valence electrons. The number of aryl methyl sites for hydroxylation is 1. The highest BCUT2D eigenvalue weighted by atomic mass is 32.2. The summed E-state index contributed by atoms with van der Waals surface area (Å²) in [6, 6.07) is 19.1. The van der Waals surface area contributed by atoms with Gasteiger partial charge in [-0.3, -0.25) is 4.18 Å². The van der Waals surface area contributed by atoms with E-state index in [0.717, 1.165) is 29.1 Å². The SMILES string of the molecule is CCn1c2ccccc2c2cc3cccc(CNC(C)(CO)COS(C)(=O)=O)c3cc21. The molecule has 4 rings (SSSR count). The second kappa shape index (κ2) is 8.24. The Bertz CT molecular complexity index is 1360. The first kappa shape index (κ1) is 21.8. The van der Waals surface area contributed by atoms with Crippen LogP contribution in [0.1, 0.15) is 19.4 Å². The molecular formula is C24H28N2O4S. The van der Waals surface area contributed by atoms with Crippen LogP contribution in [0.4, 0.5) is 0 Å². The number of hydrogen-bond donors (Lipinski definition) is 2. The van der Waals surface area contributed by atoms with Gasteiger partial charge in [0.25, 0.3) is 10.1 Å². The van der Waals surface area contributed by atoms with Crippen molar-refractivity contribution in [1.82, 2.24) is 9.88 Å². The monoisotopic (exact) mass is 440 g/mol. The molecule has 0 aliphatic rings. The van der Waals surface area contributed by atoms with Crippen LogP contribution in [0.2, 0.25) is 0 Å². The van der Waals surface area contributed by atoms with Crippen molar-refractivity contribution in [2.75, 3.05) is 19.5 Å². The maximum atomic E-state index is 11.4. The summed E-state index contributed by atoms with van der Waals surface area (Å²) >= 11 is 0. The number of para-hydroxylation sites is 1. The van der Waals surface area contributed by atoms with Gasteiger partial charge in [-0.25, -0.2) is 0 Å². The number of nitrogens with zero attached hydrogens (tertiary/aromatic N) is 1. The third-order valence-corrected chi connectivity index (χ3v) is 6.37. The summed E-state index contributed by atoms with van der Waals surface area (Å²) in [5.41, 5.74) is 2.61. The highest BCUT2D eigenvalue weighted by Gasteiger charge is 2.25. The van der Waals surface area contributed by atoms with E-state index >= 15 is 0 Å². The minimum Gasteiger partial charge on any atom is -0.394 e. The number of fused-ring (bicyclic) bond motifs is 4. The first-order valence-corrected chi connectivity index (χ1v) is 12.2. The Balaban J connectivity index is 1.74. The quantitative estimate of drug-likeness (QED) is 0.408. The Kier molecular flexibility index (Phi) is 5.79. The largest absolute Gasteiger partial charge is 0.394 e. The fourth-order valence-electron chi connectivity index (χ4n) is 4.08. The fourth-order valence-corrected chi connectivity index (χ4v) is 4.55. The molecule has 0 amide bonds. The summed E-state index contributed by atoms with van der Waals surface area (Å²) in [7, 11) is -3.58. The molecule has 1 atom stereocenters. The Morgan fingerprint density at radius 2 is 1.81 bits per heavy atom. The zero-order valence-corrected chi connectivity index (χ0v) is 18.9. The lowest BCUT2D eigenvalue weighted by molar-refractivity contribution is 0.118. The van der Waals surface area contributed by atoms with E-state index in [9.17, 15) is 13.5 Å². The van der Waals surface area contributed by atoms with E-state index in [-0.39, 0.29) is 13.2 Å². The van der Waals surface area contributed by atoms with Crippen molar-refractivity contribution in [2.24, 2.45) is 0 Å². The number of hydrogen-bond acceptors (Lipinski definition) is 5. The van der Waals surface area contributed by atoms with Crippen molar-refractivity contribution < 1.29 is 17.7 Å². The molecule has 0 fully saturated rings. The van der Waals surface area contributed by atoms with Gasteiger partial charge >= 0.3 is 0 Å². The fraction of sp³-hybridized carbons (Fsp3) is 0.333. The predicted molar refractivity (Wildman–Crippen MR) is 126 cm³/mol. The van der Waals surface area contributed by atoms with Crippen LogP contribution in [-0.4, -0.2) is 43.1 Å². The zero-order chi connectivity index (χ0) is 22.2. The number of aliphatic hydroxyl groups is 1. The molecule has 0 aliphatic heterocycles. The van der Waals surface area contributed by atoms with E-state index in [1.165, 1.54) is 21.8 Å². The second-order valence-electron chi connectivity index (χ2n) is 8.31. The summed E-state index contributed by atoms with van der Waals surface area (Å²) in [4.78, 5) is 0. The normalized spacial score (nSPS) is 14.5. The third-order valence-electron chi connectivity index (χ3n) is 5.83. The lowest BCUT2D eigenvalue weighted by Crippen LogP contribution is -2.49. The molecule has 4 aromatic rings. The number of aliphatic hydroxyl groups excluding tert-OH is 1. The van der Waals surface area contributed by atoms with Gasteiger partial charge in [0.05, 0.1) is 25.0 Å². The van der Waals surface area contributed by atoms with Crippen molar-refractivity contribution in [2.45, 2.75) is 32.5 Å². The maximum absolute atomic E-state index is 11.4. The van der Waals surface area contributed by atoms with Gasteiger partial charge in [-0.05, 0) is 48.4 Å². The van der Waals surface area contributed by atoms with E-state index in [0.29, 0.717) is 6.54 Å². The molecule has 0 saturated carbocycles. The third kappa shape index (κ3) is 4.32. The number of aromatic nitrogens is 1. The zero-order valence-electron chi connectivity index (χ0n) is 18.1. The van der Waals surface area contributed by atoms with E-state index in [1.807, 2.05) is 6.07 Å². The van der Waals surface area contributed by atoms with Gasteiger partial charge in [-0.2, -0.15) is 8.42 Å². The van der Waals surface area contributed by atoms with E-state index in [2.05, 4.69) is 65.3 Å². The maximum Gasteiger partial charge on any atom is 0.264 e. The first-order chi connectivity index (χ1) is 14.7. The number of nitrogens with one attached hydrogen (secondary N) is 1. The average Bonchev–Trinajstić information content (AvgIpc) is 3.07. The lowest BCUT2D eigenvalue weighted by Gasteiger charge is -2.28. The minimum atomic E-state index is -3.58. The lowest BCUT2D eigenvalue weighted by atomic mass is 10.00. The molecule has 7 heteroatoms. The molecule has 2 N–H and O–H groups in total. The van der Waals surface area contributed by atoms with Gasteiger partial charge in [-0.15, -0.1) is 0 Å². The molecule has 3 aromatic carbocycles. The van der Waals surface area contributed by atoms with Crippen LogP contribution in [0.3, 0.4) is 0 Å². The van der Waals surface area contributed by atoms with Crippen LogP contribution in [-0.2, 0) is 27.4 Å². The number of rotatable bonds is 8. The predicted octanol–water partition coefficient (Wildman–Crippen LogP) is 3.78. The van der Waals surface area contributed by atoms with E-state index < -0.39 is 15.7 Å². The molecule has 1 heterocycles. The second-order valence-corrected chi connectivity index (χ2v) is 9.95. The summed E-state index contributed by atoms with van der Waals surface area (Å²) in [6.45, 7) is 4.86. The van der Waals surface area contributed by atoms with Gasteiger partial charge in [-0.1, -0.05) is 36.4 Å². The summed E-state index contributed by atoms with van der Waals surface area (Å²) in [5, 5.41) is 17.9. The van der Waals surface area contributed by atoms with E-state index in [4.69, 9.17) is 4.18 Å². The van der Waals surface area contributed by atoms with Gasteiger partial charge in [0.2, 0.25) is 0 Å². The molecule has 1 aromatic heterocycles. The number of benzene rings is 3. The van der Waals surface area contributed by atoms with Crippen LogP contribution in [0.5, 0.6) is 0 Å². The van der Waals surface area contributed by atoms with Crippen LogP contribution in [0.25, 0.3) is 32.6 Å². The molecule has 6 nitrogen and oxygen atoms in total. The molecule has 0 aliphatic carbocycles. The van der Waals surface area contributed by atoms with Crippen molar-refractivity contribution in [3.63, 3.8) is 0 Å². The summed E-state index contributed by atoms with van der Waals surface area (Å²) in [6.07, 6.45) is 1.01. The van der Waals surface area contributed by atoms with Gasteiger partial charge in [0.1, 0.15) is 0 Å². The molecule has 0 bridgehead atoms. The van der Waals surface area contributed by atoms with Crippen LogP contribution in [0, 0.1) is 0 Å². The minimum absolute atomic E-state index is 0.137. The Morgan fingerprint density at radius 3 is 2.52 bits per heavy atom. The Labute approximate surface area is 182 Å². The molecule has 0 radical (unpaired) electrons. The van der Waals surface area contributed by atoms with Crippen molar-refractivity contribution in [3.05, 3.63) is 60.2 Å². The van der Waals surface area contributed by atoms with Gasteiger partial charge in [0.15, 0.2) is 0 Å². The van der Waals surface area contributed by atoms with E-state index in [1.54, 1.807) is 6.92 Å². The van der Waals surface area contributed by atoms with Gasteiger partial charge < -0.3 is 15.0 Å². The molecular weight excluding hydrogens is 412 g/mol. The molecule has 0 spiro atoms. The summed E-state index contributed by atoms with van der Waals surface area (Å²) < 4.78 is 30.0. The Hall–Kier alpha value is -2.45. The molecule has 0 saturated heterocycles. The average molecular weight is 441 g/mol. The standard InChI is InChI=1S/C24H28N2O4S/c1-4-26-22-11-6-5-10-19(22)21-12-17-8-7-9-18(20(17)13-23(21)26)14-25-24(2,15-27)16-30-31(3,28)29/h5-13,25,27H,4,14-16H2,1-3H3. The van der Waals surface area contributed by atoms with Crippen molar-refractivity contribution >= 4 is 42.7 Å².